The Labute approximate surface area is 144 Å². The average molecular weight is 336 g/mol. The highest BCUT2D eigenvalue weighted by atomic mass is 16.7. The van der Waals surface area contributed by atoms with Gasteiger partial charge in [-0.1, -0.05) is 12.2 Å². The number of hydrogen-bond acceptors (Lipinski definition) is 5. The minimum absolute atomic E-state index is 0.146. The third-order valence-electron chi connectivity index (χ3n) is 4.16. The van der Waals surface area contributed by atoms with Gasteiger partial charge in [0.15, 0.2) is 12.1 Å². The Kier molecular flexibility index (Phi) is 8.19. The molecule has 5 heteroatoms. The standard InChI is InChI=1S/C19H28O5/c1-2-22-18(21)10-6-4-3-5-9-15-13-16(14-17(15)20)24-19-11-7-8-12-23-19/h3,5,13,16,19H,2,4,6-12,14H2,1H3. The van der Waals surface area contributed by atoms with E-state index in [1.165, 1.54) is 0 Å². The van der Waals surface area contributed by atoms with Gasteiger partial charge in [-0.3, -0.25) is 9.59 Å². The first-order valence-electron chi connectivity index (χ1n) is 9.00. The Morgan fingerprint density at radius 3 is 3.00 bits per heavy atom. The molecule has 5 nitrogen and oxygen atoms in total. The van der Waals surface area contributed by atoms with Crippen LogP contribution in [0.25, 0.3) is 0 Å². The van der Waals surface area contributed by atoms with Crippen LogP contribution in [0.4, 0.5) is 0 Å². The highest BCUT2D eigenvalue weighted by Crippen LogP contribution is 2.24. The Bertz CT molecular complexity index is 474. The summed E-state index contributed by atoms with van der Waals surface area (Å²) in [6.45, 7) is 2.98. The van der Waals surface area contributed by atoms with Crippen LogP contribution in [0.15, 0.2) is 23.8 Å². The molecule has 0 aromatic rings. The number of carbonyl (C=O) groups is 2. The van der Waals surface area contributed by atoms with Gasteiger partial charge in [0, 0.05) is 19.4 Å². The molecule has 1 aliphatic carbocycles. The summed E-state index contributed by atoms with van der Waals surface area (Å²) in [4.78, 5) is 23.2. The van der Waals surface area contributed by atoms with Crippen molar-refractivity contribution in [2.75, 3.05) is 13.2 Å². The van der Waals surface area contributed by atoms with Crippen molar-refractivity contribution in [1.82, 2.24) is 0 Å². The molecule has 0 bridgehead atoms. The van der Waals surface area contributed by atoms with E-state index in [2.05, 4.69) is 0 Å². The van der Waals surface area contributed by atoms with Gasteiger partial charge in [-0.05, 0) is 57.1 Å². The molecule has 0 aromatic carbocycles. The Balaban J connectivity index is 1.65. The van der Waals surface area contributed by atoms with Gasteiger partial charge in [0.1, 0.15) is 0 Å². The van der Waals surface area contributed by atoms with E-state index < -0.39 is 0 Å². The normalized spacial score (nSPS) is 24.4. The molecule has 134 valence electrons. The lowest BCUT2D eigenvalue weighted by Gasteiger charge is -2.24. The molecule has 0 radical (unpaired) electrons. The highest BCUT2D eigenvalue weighted by Gasteiger charge is 2.27. The molecule has 2 aliphatic rings. The smallest absolute Gasteiger partial charge is 0.305 e. The van der Waals surface area contributed by atoms with Crippen LogP contribution in [0, 0.1) is 0 Å². The van der Waals surface area contributed by atoms with E-state index in [9.17, 15) is 9.59 Å². The van der Waals surface area contributed by atoms with Crippen LogP contribution in [0.1, 0.15) is 58.3 Å². The number of esters is 1. The van der Waals surface area contributed by atoms with Crippen LogP contribution in [0.3, 0.4) is 0 Å². The lowest BCUT2D eigenvalue weighted by molar-refractivity contribution is -0.178. The summed E-state index contributed by atoms with van der Waals surface area (Å²) in [6.07, 6.45) is 11.8. The maximum absolute atomic E-state index is 12.0. The van der Waals surface area contributed by atoms with Crippen LogP contribution in [-0.2, 0) is 23.8 Å². The fraction of sp³-hybridized carbons (Fsp3) is 0.684. The monoisotopic (exact) mass is 336 g/mol. The van der Waals surface area contributed by atoms with Crippen LogP contribution >= 0.6 is 0 Å². The number of rotatable bonds is 9. The number of Topliss-reactive ketones (excluding diaryl/α,β-unsaturated/α-hetero) is 1. The second kappa shape index (κ2) is 10.4. The summed E-state index contributed by atoms with van der Waals surface area (Å²) < 4.78 is 16.3. The molecule has 1 aliphatic heterocycles. The molecule has 0 saturated carbocycles. The quantitative estimate of drug-likeness (QED) is 0.366. The summed E-state index contributed by atoms with van der Waals surface area (Å²) in [7, 11) is 0. The van der Waals surface area contributed by atoms with Crippen LogP contribution in [-0.4, -0.2) is 37.4 Å². The molecule has 0 N–H and O–H groups in total. The van der Waals surface area contributed by atoms with Gasteiger partial charge in [0.05, 0.1) is 12.7 Å². The lowest BCUT2D eigenvalue weighted by atomic mass is 10.1. The van der Waals surface area contributed by atoms with E-state index in [0.717, 1.165) is 44.3 Å². The van der Waals surface area contributed by atoms with Crippen molar-refractivity contribution in [3.05, 3.63) is 23.8 Å². The highest BCUT2D eigenvalue weighted by molar-refractivity contribution is 5.98. The van der Waals surface area contributed by atoms with Crippen LogP contribution < -0.4 is 0 Å². The van der Waals surface area contributed by atoms with E-state index in [1.54, 1.807) is 0 Å². The van der Waals surface area contributed by atoms with Crippen molar-refractivity contribution in [3.8, 4) is 0 Å². The van der Waals surface area contributed by atoms with Crippen molar-refractivity contribution in [2.45, 2.75) is 70.7 Å². The predicted molar refractivity (Wildman–Crippen MR) is 90.4 cm³/mol. The van der Waals surface area contributed by atoms with Gasteiger partial charge in [-0.2, -0.15) is 0 Å². The SMILES string of the molecule is CCOC(=O)CCCC=CCC1=CC(OC2CCCCO2)CC1=O. The topological polar surface area (TPSA) is 61.8 Å². The third kappa shape index (κ3) is 6.57. The Hall–Kier alpha value is -1.46. The molecule has 2 atom stereocenters. The number of ketones is 1. The largest absolute Gasteiger partial charge is 0.466 e. The summed E-state index contributed by atoms with van der Waals surface area (Å²) in [5, 5.41) is 0. The second-order valence-electron chi connectivity index (χ2n) is 6.16. The van der Waals surface area contributed by atoms with Gasteiger partial charge >= 0.3 is 5.97 Å². The fourth-order valence-corrected chi connectivity index (χ4v) is 2.90. The van der Waals surface area contributed by atoms with E-state index in [0.29, 0.717) is 25.9 Å². The molecule has 24 heavy (non-hydrogen) atoms. The number of unbranched alkanes of at least 4 members (excludes halogenated alkanes) is 1. The second-order valence-corrected chi connectivity index (χ2v) is 6.16. The maximum atomic E-state index is 12.0. The number of carbonyl (C=O) groups excluding carboxylic acids is 2. The Morgan fingerprint density at radius 1 is 1.38 bits per heavy atom. The summed E-state index contributed by atoms with van der Waals surface area (Å²) in [6, 6.07) is 0. The van der Waals surface area contributed by atoms with E-state index in [4.69, 9.17) is 14.2 Å². The number of allylic oxidation sites excluding steroid dienone is 3. The molecule has 2 unspecified atom stereocenters. The van der Waals surface area contributed by atoms with Gasteiger partial charge in [-0.15, -0.1) is 0 Å². The maximum Gasteiger partial charge on any atom is 0.305 e. The molecule has 0 aromatic heterocycles. The van der Waals surface area contributed by atoms with Crippen molar-refractivity contribution >= 4 is 11.8 Å². The van der Waals surface area contributed by atoms with Crippen molar-refractivity contribution in [1.29, 1.82) is 0 Å². The van der Waals surface area contributed by atoms with E-state index in [-0.39, 0.29) is 24.1 Å². The minimum Gasteiger partial charge on any atom is -0.466 e. The van der Waals surface area contributed by atoms with Crippen LogP contribution in [0.5, 0.6) is 0 Å². The van der Waals surface area contributed by atoms with Gasteiger partial charge in [0.2, 0.25) is 0 Å². The molecular formula is C19H28O5. The van der Waals surface area contributed by atoms with E-state index >= 15 is 0 Å². The number of ether oxygens (including phenoxy) is 3. The molecular weight excluding hydrogens is 308 g/mol. The Morgan fingerprint density at radius 2 is 2.25 bits per heavy atom. The lowest BCUT2D eigenvalue weighted by Crippen LogP contribution is -2.26. The zero-order chi connectivity index (χ0) is 17.2. The molecule has 0 spiro atoms. The van der Waals surface area contributed by atoms with Crippen molar-refractivity contribution in [2.24, 2.45) is 0 Å². The predicted octanol–water partition coefficient (Wildman–Crippen LogP) is 3.48. The first-order chi connectivity index (χ1) is 11.7. The third-order valence-corrected chi connectivity index (χ3v) is 4.16. The zero-order valence-electron chi connectivity index (χ0n) is 14.5. The molecule has 1 saturated heterocycles. The first kappa shape index (κ1) is 18.9. The van der Waals surface area contributed by atoms with Crippen molar-refractivity contribution < 1.29 is 23.8 Å². The first-order valence-corrected chi connectivity index (χ1v) is 9.00. The van der Waals surface area contributed by atoms with Gasteiger partial charge in [0.25, 0.3) is 0 Å². The summed E-state index contributed by atoms with van der Waals surface area (Å²) in [5.74, 6) is 0.0106. The molecule has 0 amide bonds. The van der Waals surface area contributed by atoms with Gasteiger partial charge < -0.3 is 14.2 Å². The summed E-state index contributed by atoms with van der Waals surface area (Å²) >= 11 is 0. The zero-order valence-corrected chi connectivity index (χ0v) is 14.5. The summed E-state index contributed by atoms with van der Waals surface area (Å²) in [5.41, 5.74) is 0.817. The van der Waals surface area contributed by atoms with Crippen LogP contribution in [0.2, 0.25) is 0 Å². The van der Waals surface area contributed by atoms with Crippen molar-refractivity contribution in [3.63, 3.8) is 0 Å². The molecule has 1 heterocycles. The fourth-order valence-electron chi connectivity index (χ4n) is 2.90. The van der Waals surface area contributed by atoms with Gasteiger partial charge in [-0.25, -0.2) is 0 Å². The minimum atomic E-state index is -0.162. The molecule has 2 rings (SSSR count). The molecule has 1 fully saturated rings. The number of hydrogen-bond donors (Lipinski definition) is 0. The van der Waals surface area contributed by atoms with E-state index in [1.807, 2.05) is 25.2 Å². The average Bonchev–Trinajstić information content (AvgIpc) is 2.91.